The van der Waals surface area contributed by atoms with Crippen LogP contribution in [-0.4, -0.2) is 5.91 Å². The zero-order valence-corrected chi connectivity index (χ0v) is 13.9. The number of benzene rings is 3. The molecule has 4 heteroatoms. The van der Waals surface area contributed by atoms with Crippen molar-refractivity contribution in [3.8, 4) is 0 Å². The average molecular weight is 344 g/mol. The first-order valence-electron chi connectivity index (χ1n) is 7.34. The highest BCUT2D eigenvalue weighted by atomic mass is 35.5. The largest absolute Gasteiger partial charge is 0.326 e. The van der Waals surface area contributed by atoms with E-state index in [1.807, 2.05) is 48.5 Å². The molecule has 116 valence electrons. The molecule has 0 saturated carbocycles. The van der Waals surface area contributed by atoms with Gasteiger partial charge in [-0.2, -0.15) is 0 Å². The first-order valence-corrected chi connectivity index (χ1v) is 8.10. The number of aryl methyl sites for hydroxylation is 1. The van der Waals surface area contributed by atoms with Gasteiger partial charge < -0.3 is 5.32 Å². The van der Waals surface area contributed by atoms with E-state index in [-0.39, 0.29) is 5.91 Å². The molecular formula is C19H15Cl2NO. The number of fused-ring (bicyclic) bond motifs is 1. The molecule has 0 unspecified atom stereocenters. The van der Waals surface area contributed by atoms with Gasteiger partial charge in [0.1, 0.15) is 0 Å². The van der Waals surface area contributed by atoms with Crippen LogP contribution in [0.25, 0.3) is 10.8 Å². The molecule has 23 heavy (non-hydrogen) atoms. The highest BCUT2D eigenvalue weighted by Crippen LogP contribution is 2.23. The van der Waals surface area contributed by atoms with Gasteiger partial charge in [0.15, 0.2) is 0 Å². The standard InChI is InChI=1S/C19H15Cl2NO/c20-17-9-5-13(11-18(17)21)6-10-19(23)22-16-8-7-14-3-1-2-4-15(14)12-16/h1-5,7-9,11-12H,6,10H2,(H,22,23). The number of anilines is 1. The highest BCUT2D eigenvalue weighted by molar-refractivity contribution is 6.42. The van der Waals surface area contributed by atoms with Gasteiger partial charge in [-0.15, -0.1) is 0 Å². The molecule has 3 aromatic carbocycles. The van der Waals surface area contributed by atoms with Gasteiger partial charge in [-0.3, -0.25) is 4.79 Å². The van der Waals surface area contributed by atoms with Crippen LogP contribution < -0.4 is 5.32 Å². The Labute approximate surface area is 145 Å². The van der Waals surface area contributed by atoms with Crippen molar-refractivity contribution in [2.24, 2.45) is 0 Å². The molecule has 0 aliphatic rings. The summed E-state index contributed by atoms with van der Waals surface area (Å²) in [6.45, 7) is 0. The van der Waals surface area contributed by atoms with Gasteiger partial charge in [0, 0.05) is 12.1 Å². The molecule has 2 nitrogen and oxygen atoms in total. The molecule has 0 aliphatic heterocycles. The van der Waals surface area contributed by atoms with Crippen LogP contribution in [0.3, 0.4) is 0 Å². The Morgan fingerprint density at radius 3 is 2.43 bits per heavy atom. The van der Waals surface area contributed by atoms with Crippen molar-refractivity contribution in [3.05, 3.63) is 76.3 Å². The third-order valence-electron chi connectivity index (χ3n) is 3.66. The fourth-order valence-electron chi connectivity index (χ4n) is 2.44. The summed E-state index contributed by atoms with van der Waals surface area (Å²) in [6.07, 6.45) is 1.01. The van der Waals surface area contributed by atoms with E-state index in [9.17, 15) is 4.79 Å². The SMILES string of the molecule is O=C(CCc1ccc(Cl)c(Cl)c1)Nc1ccc2ccccc2c1. The minimum Gasteiger partial charge on any atom is -0.326 e. The van der Waals surface area contributed by atoms with E-state index < -0.39 is 0 Å². The average Bonchev–Trinajstić information content (AvgIpc) is 2.56. The number of carbonyl (C=O) groups excluding carboxylic acids is 1. The summed E-state index contributed by atoms with van der Waals surface area (Å²) in [5, 5.41) is 6.23. The third kappa shape index (κ3) is 4.04. The molecule has 0 fully saturated rings. The van der Waals surface area contributed by atoms with E-state index in [2.05, 4.69) is 5.32 Å². The maximum absolute atomic E-state index is 12.1. The van der Waals surface area contributed by atoms with Crippen LogP contribution in [0.2, 0.25) is 10.0 Å². The Morgan fingerprint density at radius 2 is 1.65 bits per heavy atom. The molecule has 3 aromatic rings. The van der Waals surface area contributed by atoms with E-state index >= 15 is 0 Å². The van der Waals surface area contributed by atoms with E-state index in [1.165, 1.54) is 0 Å². The Kier molecular flexibility index (Phi) is 4.85. The molecule has 0 bridgehead atoms. The van der Waals surface area contributed by atoms with Crippen molar-refractivity contribution < 1.29 is 4.79 Å². The van der Waals surface area contributed by atoms with Crippen LogP contribution in [0, 0.1) is 0 Å². The first kappa shape index (κ1) is 15.9. The molecular weight excluding hydrogens is 329 g/mol. The van der Waals surface area contributed by atoms with Crippen molar-refractivity contribution >= 4 is 45.6 Å². The second kappa shape index (κ2) is 7.03. The molecule has 0 saturated heterocycles. The Balaban J connectivity index is 1.62. The molecule has 0 spiro atoms. The number of hydrogen-bond donors (Lipinski definition) is 1. The molecule has 1 amide bonds. The number of hydrogen-bond acceptors (Lipinski definition) is 1. The summed E-state index contributed by atoms with van der Waals surface area (Å²) in [7, 11) is 0. The Morgan fingerprint density at radius 1 is 0.870 bits per heavy atom. The predicted octanol–water partition coefficient (Wildman–Crippen LogP) is 5.72. The van der Waals surface area contributed by atoms with Crippen LogP contribution in [0.5, 0.6) is 0 Å². The lowest BCUT2D eigenvalue weighted by Crippen LogP contribution is -2.12. The van der Waals surface area contributed by atoms with E-state index in [1.54, 1.807) is 12.1 Å². The van der Waals surface area contributed by atoms with Gasteiger partial charge in [-0.05, 0) is 47.0 Å². The van der Waals surface area contributed by atoms with Crippen molar-refractivity contribution in [2.45, 2.75) is 12.8 Å². The Bertz CT molecular complexity index is 861. The lowest BCUT2D eigenvalue weighted by atomic mass is 10.1. The van der Waals surface area contributed by atoms with Crippen LogP contribution in [-0.2, 0) is 11.2 Å². The van der Waals surface area contributed by atoms with Crippen molar-refractivity contribution in [1.82, 2.24) is 0 Å². The minimum atomic E-state index is -0.0219. The van der Waals surface area contributed by atoms with E-state index in [4.69, 9.17) is 23.2 Å². The van der Waals surface area contributed by atoms with Gasteiger partial charge >= 0.3 is 0 Å². The molecule has 0 aromatic heterocycles. The molecule has 0 radical (unpaired) electrons. The highest BCUT2D eigenvalue weighted by Gasteiger charge is 2.05. The van der Waals surface area contributed by atoms with Crippen LogP contribution >= 0.6 is 23.2 Å². The molecule has 1 N–H and O–H groups in total. The van der Waals surface area contributed by atoms with Crippen LogP contribution in [0.4, 0.5) is 5.69 Å². The van der Waals surface area contributed by atoms with E-state index in [0.29, 0.717) is 22.9 Å². The normalized spacial score (nSPS) is 10.7. The number of halogens is 2. The van der Waals surface area contributed by atoms with Crippen molar-refractivity contribution in [3.63, 3.8) is 0 Å². The summed E-state index contributed by atoms with van der Waals surface area (Å²) >= 11 is 11.9. The van der Waals surface area contributed by atoms with Crippen molar-refractivity contribution in [1.29, 1.82) is 0 Å². The predicted molar refractivity (Wildman–Crippen MR) is 97.4 cm³/mol. The zero-order chi connectivity index (χ0) is 16.2. The molecule has 0 aliphatic carbocycles. The van der Waals surface area contributed by atoms with Gasteiger partial charge in [-0.1, -0.05) is 59.6 Å². The number of nitrogens with one attached hydrogen (secondary N) is 1. The van der Waals surface area contributed by atoms with Gasteiger partial charge in [0.2, 0.25) is 5.91 Å². The van der Waals surface area contributed by atoms with Crippen LogP contribution in [0.15, 0.2) is 60.7 Å². The Hall–Kier alpha value is -2.03. The second-order valence-electron chi connectivity index (χ2n) is 5.36. The quantitative estimate of drug-likeness (QED) is 0.644. The molecule has 0 atom stereocenters. The first-order chi connectivity index (χ1) is 11.1. The second-order valence-corrected chi connectivity index (χ2v) is 6.17. The minimum absolute atomic E-state index is 0.0219. The summed E-state index contributed by atoms with van der Waals surface area (Å²) in [5.74, 6) is -0.0219. The summed E-state index contributed by atoms with van der Waals surface area (Å²) < 4.78 is 0. The number of rotatable bonds is 4. The maximum atomic E-state index is 12.1. The van der Waals surface area contributed by atoms with Gasteiger partial charge in [0.25, 0.3) is 0 Å². The molecule has 3 rings (SSSR count). The topological polar surface area (TPSA) is 29.1 Å². The fourth-order valence-corrected chi connectivity index (χ4v) is 2.76. The fraction of sp³-hybridized carbons (Fsp3) is 0.105. The van der Waals surface area contributed by atoms with Crippen LogP contribution in [0.1, 0.15) is 12.0 Å². The summed E-state index contributed by atoms with van der Waals surface area (Å²) in [6, 6.07) is 19.4. The molecule has 0 heterocycles. The smallest absolute Gasteiger partial charge is 0.224 e. The van der Waals surface area contributed by atoms with E-state index in [0.717, 1.165) is 22.0 Å². The lowest BCUT2D eigenvalue weighted by Gasteiger charge is -2.07. The monoisotopic (exact) mass is 343 g/mol. The maximum Gasteiger partial charge on any atom is 0.224 e. The lowest BCUT2D eigenvalue weighted by molar-refractivity contribution is -0.116. The van der Waals surface area contributed by atoms with Gasteiger partial charge in [-0.25, -0.2) is 0 Å². The summed E-state index contributed by atoms with van der Waals surface area (Å²) in [4.78, 5) is 12.1. The summed E-state index contributed by atoms with van der Waals surface area (Å²) in [5.41, 5.74) is 1.80. The number of amides is 1. The van der Waals surface area contributed by atoms with Gasteiger partial charge in [0.05, 0.1) is 10.0 Å². The third-order valence-corrected chi connectivity index (χ3v) is 4.40. The zero-order valence-electron chi connectivity index (χ0n) is 12.4. The number of carbonyl (C=O) groups is 1. The van der Waals surface area contributed by atoms with Crippen molar-refractivity contribution in [2.75, 3.05) is 5.32 Å².